The zero-order valence-electron chi connectivity index (χ0n) is 22.2. The highest BCUT2D eigenvalue weighted by atomic mass is 16.2. The van der Waals surface area contributed by atoms with Gasteiger partial charge in [-0.25, -0.2) is 15.8 Å². The highest BCUT2D eigenvalue weighted by Gasteiger charge is 2.31. The number of fused-ring (bicyclic) bond motifs is 2. The summed E-state index contributed by atoms with van der Waals surface area (Å²) in [4.78, 5) is 39.5. The van der Waals surface area contributed by atoms with Crippen molar-refractivity contribution < 1.29 is 9.59 Å². The minimum Gasteiger partial charge on any atom is -0.359 e. The highest BCUT2D eigenvalue weighted by Crippen LogP contribution is 2.38. The lowest BCUT2D eigenvalue weighted by molar-refractivity contribution is -0.116. The van der Waals surface area contributed by atoms with E-state index >= 15 is 0 Å². The van der Waals surface area contributed by atoms with Crippen LogP contribution in [0.1, 0.15) is 32.7 Å². The molecule has 1 aliphatic heterocycles. The molecule has 200 valence electrons. The van der Waals surface area contributed by atoms with Gasteiger partial charge in [-0.1, -0.05) is 24.3 Å². The normalized spacial score (nSPS) is 12.9. The zero-order chi connectivity index (χ0) is 28.0. The molecule has 0 radical (unpaired) electrons. The summed E-state index contributed by atoms with van der Waals surface area (Å²) >= 11 is 0. The fourth-order valence-electron chi connectivity index (χ4n) is 4.99. The van der Waals surface area contributed by atoms with Gasteiger partial charge in [-0.3, -0.25) is 19.7 Å². The molecule has 2 amide bonds. The van der Waals surface area contributed by atoms with Gasteiger partial charge in [0.15, 0.2) is 5.82 Å². The number of hydrogen-bond donors (Lipinski definition) is 4. The Morgan fingerprint density at radius 3 is 2.75 bits per heavy atom. The summed E-state index contributed by atoms with van der Waals surface area (Å²) in [5.74, 6) is 5.78. The lowest BCUT2D eigenvalue weighted by atomic mass is 10.0. The number of benzene rings is 2. The summed E-state index contributed by atoms with van der Waals surface area (Å²) in [6, 6.07) is 13.3. The number of nitrogens with two attached hydrogens (primary N) is 1. The quantitative estimate of drug-likeness (QED) is 0.112. The van der Waals surface area contributed by atoms with E-state index in [1.807, 2.05) is 63.5 Å². The Morgan fingerprint density at radius 2 is 1.98 bits per heavy atom. The molecular weight excluding hydrogens is 506 g/mol. The third-order valence-corrected chi connectivity index (χ3v) is 7.13. The molecule has 5 aromatic rings. The molecule has 0 spiro atoms. The van der Waals surface area contributed by atoms with Crippen LogP contribution in [0.5, 0.6) is 0 Å². The van der Waals surface area contributed by atoms with Crippen molar-refractivity contribution in [3.05, 3.63) is 88.9 Å². The molecule has 11 heteroatoms. The first-order valence-corrected chi connectivity index (χ1v) is 12.7. The lowest BCUT2D eigenvalue weighted by Crippen LogP contribution is -2.27. The third-order valence-electron chi connectivity index (χ3n) is 7.13. The number of nitrogens with one attached hydrogen (secondary N) is 3. The Morgan fingerprint density at radius 1 is 1.15 bits per heavy atom. The van der Waals surface area contributed by atoms with E-state index in [0.717, 1.165) is 50.2 Å². The number of anilines is 3. The number of para-hydroxylation sites is 1. The Bertz CT molecular complexity index is 1810. The predicted octanol–water partition coefficient (Wildman–Crippen LogP) is 3.88. The zero-order valence-corrected chi connectivity index (χ0v) is 22.2. The number of aromatic nitrogens is 5. The van der Waals surface area contributed by atoms with E-state index in [9.17, 15) is 9.59 Å². The minimum absolute atomic E-state index is 0.104. The number of amides is 2. The van der Waals surface area contributed by atoms with E-state index in [-0.39, 0.29) is 5.91 Å². The standard InChI is InChI=1S/C29H27N9O2/c1-16-13-32-29(33-24-12-17(2)37(3)36-24)34-26(16)21-14-31-27-19(21)7-5-9-23(27)38-15-22-18(10-11-25(39)35-30)6-4-8-20(22)28(38)40/h4-14,31H,15,30H2,1-3H3,(H,35,39)(H,32,33,34,36)/b11-10+. The van der Waals surface area contributed by atoms with Gasteiger partial charge in [0.25, 0.3) is 11.8 Å². The lowest BCUT2D eigenvalue weighted by Gasteiger charge is -2.17. The molecule has 0 saturated carbocycles. The number of carbonyl (C=O) groups excluding carboxylic acids is 2. The molecular formula is C29H27N9O2. The van der Waals surface area contributed by atoms with Gasteiger partial charge < -0.3 is 15.2 Å². The molecule has 3 aromatic heterocycles. The number of rotatable bonds is 6. The molecule has 0 saturated heterocycles. The summed E-state index contributed by atoms with van der Waals surface area (Å²) in [7, 11) is 1.88. The van der Waals surface area contributed by atoms with Crippen molar-refractivity contribution in [2.45, 2.75) is 20.4 Å². The molecule has 4 heterocycles. The number of nitrogens with zero attached hydrogens (tertiary/aromatic N) is 5. The van der Waals surface area contributed by atoms with Crippen LogP contribution in [0.25, 0.3) is 28.2 Å². The molecule has 40 heavy (non-hydrogen) atoms. The maximum atomic E-state index is 13.5. The summed E-state index contributed by atoms with van der Waals surface area (Å²) in [6.07, 6.45) is 6.71. The van der Waals surface area contributed by atoms with Gasteiger partial charge in [-0.2, -0.15) is 5.10 Å². The topological polar surface area (TPSA) is 147 Å². The van der Waals surface area contributed by atoms with Gasteiger partial charge in [-0.15, -0.1) is 0 Å². The fraction of sp³-hybridized carbons (Fsp3) is 0.138. The average molecular weight is 534 g/mol. The molecule has 6 rings (SSSR count). The van der Waals surface area contributed by atoms with Crippen LogP contribution in [0.4, 0.5) is 17.5 Å². The van der Waals surface area contributed by atoms with Crippen LogP contribution < -0.4 is 21.5 Å². The summed E-state index contributed by atoms with van der Waals surface area (Å²) in [5.41, 5.74) is 9.51. The molecule has 0 fully saturated rings. The van der Waals surface area contributed by atoms with Crippen molar-refractivity contribution in [2.75, 3.05) is 10.2 Å². The highest BCUT2D eigenvalue weighted by molar-refractivity contribution is 6.15. The first-order valence-electron chi connectivity index (χ1n) is 12.7. The average Bonchev–Trinajstić information content (AvgIpc) is 3.63. The Kier molecular flexibility index (Phi) is 6.12. The van der Waals surface area contributed by atoms with Crippen LogP contribution >= 0.6 is 0 Å². The molecule has 0 bridgehead atoms. The van der Waals surface area contributed by atoms with Crippen molar-refractivity contribution in [3.63, 3.8) is 0 Å². The maximum Gasteiger partial charge on any atom is 0.259 e. The fourth-order valence-corrected chi connectivity index (χ4v) is 4.99. The van der Waals surface area contributed by atoms with Crippen molar-refractivity contribution in [2.24, 2.45) is 12.9 Å². The van der Waals surface area contributed by atoms with Crippen LogP contribution in [-0.2, 0) is 18.4 Å². The van der Waals surface area contributed by atoms with Crippen molar-refractivity contribution in [3.8, 4) is 11.3 Å². The molecule has 2 aromatic carbocycles. The van der Waals surface area contributed by atoms with Gasteiger partial charge >= 0.3 is 0 Å². The molecule has 1 aliphatic rings. The number of aromatic amines is 1. The van der Waals surface area contributed by atoms with E-state index < -0.39 is 5.91 Å². The third kappa shape index (κ3) is 4.28. The summed E-state index contributed by atoms with van der Waals surface area (Å²) < 4.78 is 1.78. The Hall–Kier alpha value is -5.29. The van der Waals surface area contributed by atoms with E-state index in [0.29, 0.717) is 23.9 Å². The van der Waals surface area contributed by atoms with E-state index in [1.165, 1.54) is 6.08 Å². The number of carbonyl (C=O) groups is 2. The molecule has 0 aliphatic carbocycles. The SMILES string of the molecule is Cc1cnc(Nc2cc(C)n(C)n2)nc1-c1c[nH]c2c(N3Cc4c(/C=C/C(=O)NN)cccc4C3=O)cccc12. The first-order chi connectivity index (χ1) is 19.3. The van der Waals surface area contributed by atoms with Crippen LogP contribution in [0.2, 0.25) is 0 Å². The van der Waals surface area contributed by atoms with Gasteiger partial charge in [0, 0.05) is 53.8 Å². The Labute approximate surface area is 229 Å². The largest absolute Gasteiger partial charge is 0.359 e. The number of aryl methyl sites for hydroxylation is 3. The second-order valence-corrected chi connectivity index (χ2v) is 9.65. The van der Waals surface area contributed by atoms with Gasteiger partial charge in [0.2, 0.25) is 5.95 Å². The first kappa shape index (κ1) is 25.0. The van der Waals surface area contributed by atoms with E-state index in [4.69, 9.17) is 10.8 Å². The number of hydrazine groups is 1. The second-order valence-electron chi connectivity index (χ2n) is 9.65. The number of H-pyrrole nitrogens is 1. The van der Waals surface area contributed by atoms with Crippen molar-refractivity contribution in [1.82, 2.24) is 30.2 Å². The predicted molar refractivity (Wildman–Crippen MR) is 154 cm³/mol. The van der Waals surface area contributed by atoms with Crippen LogP contribution in [0, 0.1) is 13.8 Å². The minimum atomic E-state index is -0.420. The molecule has 11 nitrogen and oxygen atoms in total. The Balaban J connectivity index is 1.36. The van der Waals surface area contributed by atoms with Crippen LogP contribution in [0.15, 0.2) is 60.9 Å². The van der Waals surface area contributed by atoms with Crippen molar-refractivity contribution >= 4 is 46.2 Å². The van der Waals surface area contributed by atoms with E-state index in [1.54, 1.807) is 27.9 Å². The smallest absolute Gasteiger partial charge is 0.259 e. The van der Waals surface area contributed by atoms with Crippen LogP contribution in [0.3, 0.4) is 0 Å². The van der Waals surface area contributed by atoms with Gasteiger partial charge in [-0.05, 0) is 48.7 Å². The molecule has 0 atom stereocenters. The van der Waals surface area contributed by atoms with Gasteiger partial charge in [0.05, 0.1) is 23.4 Å². The maximum absolute atomic E-state index is 13.5. The second kappa shape index (κ2) is 9.79. The molecule has 0 unspecified atom stereocenters. The summed E-state index contributed by atoms with van der Waals surface area (Å²) in [6.45, 7) is 4.31. The van der Waals surface area contributed by atoms with E-state index in [2.05, 4.69) is 25.8 Å². The number of hydrogen-bond acceptors (Lipinski definition) is 7. The van der Waals surface area contributed by atoms with Gasteiger partial charge in [0.1, 0.15) is 0 Å². The van der Waals surface area contributed by atoms with Crippen molar-refractivity contribution in [1.29, 1.82) is 0 Å². The monoisotopic (exact) mass is 533 g/mol. The molecule has 5 N–H and O–H groups in total. The summed E-state index contributed by atoms with van der Waals surface area (Å²) in [5, 5.41) is 8.55. The van der Waals surface area contributed by atoms with Crippen LogP contribution in [-0.4, -0.2) is 36.5 Å².